The number of hydrogen-bond acceptors (Lipinski definition) is 4. The summed E-state index contributed by atoms with van der Waals surface area (Å²) in [5.74, 6) is 0.700. The van der Waals surface area contributed by atoms with Gasteiger partial charge in [0.15, 0.2) is 0 Å². The summed E-state index contributed by atoms with van der Waals surface area (Å²) in [5.41, 5.74) is 3.48. The topological polar surface area (TPSA) is 45.6 Å². The number of benzene rings is 1. The van der Waals surface area contributed by atoms with Crippen molar-refractivity contribution in [1.29, 1.82) is 0 Å². The van der Waals surface area contributed by atoms with Gasteiger partial charge in [0.25, 0.3) is 0 Å². The van der Waals surface area contributed by atoms with Crippen molar-refractivity contribution < 1.29 is 9.84 Å². The number of aliphatic hydroxyl groups is 1. The highest BCUT2D eigenvalue weighted by molar-refractivity contribution is 5.24. The van der Waals surface area contributed by atoms with Gasteiger partial charge in [-0.2, -0.15) is 0 Å². The van der Waals surface area contributed by atoms with Crippen LogP contribution in [0.4, 0.5) is 0 Å². The highest BCUT2D eigenvalue weighted by Crippen LogP contribution is 2.30. The third-order valence-electron chi connectivity index (χ3n) is 4.20. The Morgan fingerprint density at radius 3 is 2.38 bits per heavy atom. The van der Waals surface area contributed by atoms with Crippen LogP contribution in [0.3, 0.4) is 0 Å². The van der Waals surface area contributed by atoms with E-state index in [-0.39, 0.29) is 12.7 Å². The Kier molecular flexibility index (Phi) is 5.48. The second kappa shape index (κ2) is 7.77. The zero-order valence-electron chi connectivity index (χ0n) is 14.5. The minimum absolute atomic E-state index is 0.0995. The molecule has 1 N–H and O–H groups in total. The molecule has 0 bridgehead atoms. The van der Waals surface area contributed by atoms with Crippen molar-refractivity contribution in [3.63, 3.8) is 0 Å². The summed E-state index contributed by atoms with van der Waals surface area (Å²) in [5, 5.41) is 9.16. The molecule has 0 radical (unpaired) electrons. The quantitative estimate of drug-likeness (QED) is 0.806. The molecule has 2 aromatic rings. The predicted molar refractivity (Wildman–Crippen MR) is 94.6 cm³/mol. The lowest BCUT2D eigenvalue weighted by Gasteiger charge is -2.22. The number of aliphatic hydroxyl groups excluding tert-OH is 1. The number of aromatic nitrogens is 1. The van der Waals surface area contributed by atoms with Gasteiger partial charge in [-0.05, 0) is 49.4 Å². The summed E-state index contributed by atoms with van der Waals surface area (Å²) >= 11 is 0. The number of rotatable bonds is 8. The van der Waals surface area contributed by atoms with E-state index < -0.39 is 0 Å². The number of ether oxygens (including phenoxy) is 1. The van der Waals surface area contributed by atoms with Gasteiger partial charge in [0, 0.05) is 31.4 Å². The third kappa shape index (κ3) is 4.79. The third-order valence-corrected chi connectivity index (χ3v) is 4.20. The van der Waals surface area contributed by atoms with Gasteiger partial charge in [-0.25, -0.2) is 4.98 Å². The van der Waals surface area contributed by atoms with Crippen LogP contribution in [0.2, 0.25) is 0 Å². The van der Waals surface area contributed by atoms with Crippen LogP contribution >= 0.6 is 0 Å². The summed E-state index contributed by atoms with van der Waals surface area (Å²) < 4.78 is 5.70. The SMILES string of the molecule is CC(C)Oc1cc(CN(Cc2ccc(CO)cc2)C2CC2)ccn1. The molecule has 1 aliphatic carbocycles. The van der Waals surface area contributed by atoms with Gasteiger partial charge in [-0.1, -0.05) is 24.3 Å². The van der Waals surface area contributed by atoms with Gasteiger partial charge >= 0.3 is 0 Å². The zero-order chi connectivity index (χ0) is 16.9. The van der Waals surface area contributed by atoms with Gasteiger partial charge in [-0.15, -0.1) is 0 Å². The molecule has 0 amide bonds. The molecule has 1 aromatic carbocycles. The van der Waals surface area contributed by atoms with Gasteiger partial charge in [0.1, 0.15) is 0 Å². The summed E-state index contributed by atoms with van der Waals surface area (Å²) in [4.78, 5) is 6.80. The van der Waals surface area contributed by atoms with Gasteiger partial charge in [-0.3, -0.25) is 4.90 Å². The molecule has 0 saturated heterocycles. The first-order valence-electron chi connectivity index (χ1n) is 8.68. The number of hydrogen-bond donors (Lipinski definition) is 1. The van der Waals surface area contributed by atoms with Crippen LogP contribution in [0.1, 0.15) is 43.4 Å². The van der Waals surface area contributed by atoms with Crippen molar-refractivity contribution in [3.8, 4) is 5.88 Å². The van der Waals surface area contributed by atoms with Crippen molar-refractivity contribution in [1.82, 2.24) is 9.88 Å². The molecule has 1 saturated carbocycles. The zero-order valence-corrected chi connectivity index (χ0v) is 14.5. The predicted octanol–water partition coefficient (Wildman–Crippen LogP) is 3.53. The second-order valence-corrected chi connectivity index (χ2v) is 6.78. The minimum Gasteiger partial charge on any atom is -0.475 e. The molecule has 0 unspecified atom stereocenters. The molecule has 4 nitrogen and oxygen atoms in total. The first-order chi connectivity index (χ1) is 11.6. The van der Waals surface area contributed by atoms with E-state index in [2.05, 4.69) is 28.1 Å². The van der Waals surface area contributed by atoms with Crippen LogP contribution in [-0.2, 0) is 19.7 Å². The smallest absolute Gasteiger partial charge is 0.213 e. The van der Waals surface area contributed by atoms with Gasteiger partial charge in [0.2, 0.25) is 5.88 Å². The van der Waals surface area contributed by atoms with Crippen molar-refractivity contribution in [3.05, 3.63) is 59.3 Å². The van der Waals surface area contributed by atoms with Crippen LogP contribution in [0, 0.1) is 0 Å². The Bertz CT molecular complexity index is 651. The monoisotopic (exact) mass is 326 g/mol. The molecule has 0 atom stereocenters. The van der Waals surface area contributed by atoms with E-state index in [1.807, 2.05) is 38.2 Å². The van der Waals surface area contributed by atoms with Crippen molar-refractivity contribution in [2.45, 2.75) is 58.5 Å². The number of nitrogens with zero attached hydrogens (tertiary/aromatic N) is 2. The molecular weight excluding hydrogens is 300 g/mol. The molecule has 0 aliphatic heterocycles. The number of pyridine rings is 1. The van der Waals surface area contributed by atoms with E-state index in [1.165, 1.54) is 24.0 Å². The van der Waals surface area contributed by atoms with Crippen LogP contribution in [0.25, 0.3) is 0 Å². The Labute approximate surface area is 144 Å². The summed E-state index contributed by atoms with van der Waals surface area (Å²) in [6, 6.07) is 13.0. The standard InChI is InChI=1S/C20H26N2O2/c1-15(2)24-20-11-18(9-10-21-20)13-22(19-7-8-19)12-16-3-5-17(14-23)6-4-16/h3-6,9-11,15,19,23H,7-8,12-14H2,1-2H3. The highest BCUT2D eigenvalue weighted by Gasteiger charge is 2.29. The molecule has 3 rings (SSSR count). The van der Waals surface area contributed by atoms with E-state index in [1.54, 1.807) is 0 Å². The Hall–Kier alpha value is -1.91. The Morgan fingerprint density at radius 2 is 1.75 bits per heavy atom. The van der Waals surface area contributed by atoms with E-state index in [0.717, 1.165) is 18.7 Å². The first-order valence-corrected chi connectivity index (χ1v) is 8.68. The molecule has 0 spiro atoms. The lowest BCUT2D eigenvalue weighted by Crippen LogP contribution is -2.25. The van der Waals surface area contributed by atoms with Crippen LogP contribution < -0.4 is 4.74 Å². The Morgan fingerprint density at radius 1 is 1.08 bits per heavy atom. The lowest BCUT2D eigenvalue weighted by molar-refractivity contribution is 0.228. The average molecular weight is 326 g/mol. The van der Waals surface area contributed by atoms with E-state index in [0.29, 0.717) is 11.9 Å². The van der Waals surface area contributed by atoms with Crippen molar-refractivity contribution >= 4 is 0 Å². The van der Waals surface area contributed by atoms with E-state index in [9.17, 15) is 0 Å². The largest absolute Gasteiger partial charge is 0.475 e. The van der Waals surface area contributed by atoms with Gasteiger partial charge < -0.3 is 9.84 Å². The maximum Gasteiger partial charge on any atom is 0.213 e. The van der Waals surface area contributed by atoms with Crippen molar-refractivity contribution in [2.75, 3.05) is 0 Å². The van der Waals surface area contributed by atoms with Crippen LogP contribution in [0.15, 0.2) is 42.6 Å². The molecule has 1 fully saturated rings. The molecule has 24 heavy (non-hydrogen) atoms. The fourth-order valence-electron chi connectivity index (χ4n) is 2.83. The molecular formula is C20H26N2O2. The lowest BCUT2D eigenvalue weighted by atomic mass is 10.1. The van der Waals surface area contributed by atoms with E-state index in [4.69, 9.17) is 9.84 Å². The fraction of sp³-hybridized carbons (Fsp3) is 0.450. The normalized spacial score (nSPS) is 14.4. The molecule has 1 heterocycles. The minimum atomic E-state index is 0.0995. The fourth-order valence-corrected chi connectivity index (χ4v) is 2.83. The van der Waals surface area contributed by atoms with Gasteiger partial charge in [0.05, 0.1) is 12.7 Å². The summed E-state index contributed by atoms with van der Waals surface area (Å²) in [6.45, 7) is 5.96. The molecule has 4 heteroatoms. The van der Waals surface area contributed by atoms with E-state index >= 15 is 0 Å². The van der Waals surface area contributed by atoms with Crippen LogP contribution in [0.5, 0.6) is 5.88 Å². The molecule has 1 aliphatic rings. The molecule has 1 aromatic heterocycles. The average Bonchev–Trinajstić information content (AvgIpc) is 3.39. The molecule has 128 valence electrons. The summed E-state index contributed by atoms with van der Waals surface area (Å²) in [7, 11) is 0. The first kappa shape index (κ1) is 16.9. The van der Waals surface area contributed by atoms with Crippen LogP contribution in [-0.4, -0.2) is 27.1 Å². The van der Waals surface area contributed by atoms with Crippen molar-refractivity contribution in [2.24, 2.45) is 0 Å². The maximum absolute atomic E-state index is 9.16. The highest BCUT2D eigenvalue weighted by atomic mass is 16.5. The second-order valence-electron chi connectivity index (χ2n) is 6.78. The maximum atomic E-state index is 9.16. The Balaban J connectivity index is 1.67. The summed E-state index contributed by atoms with van der Waals surface area (Å²) in [6.07, 6.45) is 4.51.